The van der Waals surface area contributed by atoms with Crippen molar-refractivity contribution in [2.45, 2.75) is 38.3 Å². The number of hydrogen-bond acceptors (Lipinski definition) is 3. The molecule has 86 valence electrons. The molecule has 0 aromatic carbocycles. The second kappa shape index (κ2) is 4.94. The van der Waals surface area contributed by atoms with Crippen LogP contribution in [-0.2, 0) is 9.53 Å². The standard InChI is InChI=1S/C11H20N2O2/c1-9-3-2-4-10(12-9)11(14)13-5-7-15-8-6-13/h9-10,12H,2-8H2,1H3/t9-,10+/m0/s1. The third-order valence-corrected chi connectivity index (χ3v) is 3.24. The summed E-state index contributed by atoms with van der Waals surface area (Å²) in [6, 6.07) is 0.528. The molecule has 0 aromatic heterocycles. The molecule has 4 nitrogen and oxygen atoms in total. The lowest BCUT2D eigenvalue weighted by Crippen LogP contribution is -2.53. The number of carbonyl (C=O) groups is 1. The van der Waals surface area contributed by atoms with E-state index in [4.69, 9.17) is 4.74 Å². The van der Waals surface area contributed by atoms with Crippen molar-refractivity contribution in [3.8, 4) is 0 Å². The summed E-state index contributed by atoms with van der Waals surface area (Å²) in [6.07, 6.45) is 3.34. The van der Waals surface area contributed by atoms with Crippen LogP contribution in [0.25, 0.3) is 0 Å². The van der Waals surface area contributed by atoms with Gasteiger partial charge in [0.05, 0.1) is 19.3 Å². The minimum absolute atomic E-state index is 0.0480. The van der Waals surface area contributed by atoms with Crippen molar-refractivity contribution >= 4 is 5.91 Å². The molecule has 15 heavy (non-hydrogen) atoms. The minimum Gasteiger partial charge on any atom is -0.378 e. The van der Waals surface area contributed by atoms with Crippen LogP contribution in [0.2, 0.25) is 0 Å². The summed E-state index contributed by atoms with van der Waals surface area (Å²) in [4.78, 5) is 14.0. The number of hydrogen-bond donors (Lipinski definition) is 1. The molecule has 2 aliphatic heterocycles. The summed E-state index contributed by atoms with van der Waals surface area (Å²) in [6.45, 7) is 5.04. The average molecular weight is 212 g/mol. The van der Waals surface area contributed by atoms with Crippen LogP contribution in [0.5, 0.6) is 0 Å². The molecule has 2 rings (SSSR count). The molecule has 0 unspecified atom stereocenters. The molecule has 0 radical (unpaired) electrons. The maximum atomic E-state index is 12.1. The Morgan fingerprint density at radius 2 is 2.07 bits per heavy atom. The molecule has 4 heteroatoms. The summed E-state index contributed by atoms with van der Waals surface area (Å²) >= 11 is 0. The van der Waals surface area contributed by atoms with Gasteiger partial charge in [-0.15, -0.1) is 0 Å². The van der Waals surface area contributed by atoms with Gasteiger partial charge >= 0.3 is 0 Å². The minimum atomic E-state index is 0.0480. The molecule has 2 heterocycles. The molecule has 0 spiro atoms. The topological polar surface area (TPSA) is 41.6 Å². The van der Waals surface area contributed by atoms with E-state index in [9.17, 15) is 4.79 Å². The van der Waals surface area contributed by atoms with Gasteiger partial charge in [0.25, 0.3) is 0 Å². The first-order valence-electron chi connectivity index (χ1n) is 5.90. The summed E-state index contributed by atoms with van der Waals surface area (Å²) in [5.74, 6) is 0.268. The lowest BCUT2D eigenvalue weighted by Gasteiger charge is -2.34. The van der Waals surface area contributed by atoms with E-state index in [1.807, 2.05) is 4.90 Å². The predicted octanol–water partition coefficient (Wildman–Crippen LogP) is 0.376. The van der Waals surface area contributed by atoms with E-state index >= 15 is 0 Å². The Kier molecular flexibility index (Phi) is 3.59. The third kappa shape index (κ3) is 2.69. The zero-order valence-corrected chi connectivity index (χ0v) is 9.37. The fourth-order valence-corrected chi connectivity index (χ4v) is 2.34. The quantitative estimate of drug-likeness (QED) is 0.683. The number of carbonyl (C=O) groups excluding carboxylic acids is 1. The first kappa shape index (κ1) is 10.9. The highest BCUT2D eigenvalue weighted by molar-refractivity contribution is 5.82. The van der Waals surface area contributed by atoms with Crippen LogP contribution in [0, 0.1) is 0 Å². The number of morpholine rings is 1. The number of piperidine rings is 1. The van der Waals surface area contributed by atoms with Gasteiger partial charge in [0.2, 0.25) is 5.91 Å². The SMILES string of the molecule is C[C@H]1CCC[C@H](C(=O)N2CCOCC2)N1. The zero-order chi connectivity index (χ0) is 10.7. The zero-order valence-electron chi connectivity index (χ0n) is 9.37. The first-order chi connectivity index (χ1) is 7.27. The van der Waals surface area contributed by atoms with Crippen molar-refractivity contribution in [1.82, 2.24) is 10.2 Å². The molecule has 2 saturated heterocycles. The van der Waals surface area contributed by atoms with Crippen LogP contribution in [-0.4, -0.2) is 49.2 Å². The fraction of sp³-hybridized carbons (Fsp3) is 0.909. The van der Waals surface area contributed by atoms with E-state index in [-0.39, 0.29) is 11.9 Å². The molecular formula is C11H20N2O2. The normalized spacial score (nSPS) is 32.7. The summed E-state index contributed by atoms with van der Waals surface area (Å²) in [5, 5.41) is 3.38. The van der Waals surface area contributed by atoms with Crippen molar-refractivity contribution in [3.05, 3.63) is 0 Å². The van der Waals surface area contributed by atoms with Gasteiger partial charge in [-0.25, -0.2) is 0 Å². The fourth-order valence-electron chi connectivity index (χ4n) is 2.34. The maximum absolute atomic E-state index is 12.1. The molecule has 1 N–H and O–H groups in total. The van der Waals surface area contributed by atoms with Gasteiger partial charge in [0, 0.05) is 19.1 Å². The Bertz CT molecular complexity index is 227. The van der Waals surface area contributed by atoms with Crippen molar-refractivity contribution in [2.75, 3.05) is 26.3 Å². The Balaban J connectivity index is 1.88. The lowest BCUT2D eigenvalue weighted by molar-refractivity contribution is -0.138. The lowest BCUT2D eigenvalue weighted by atomic mass is 9.98. The van der Waals surface area contributed by atoms with Crippen LogP contribution in [0.3, 0.4) is 0 Å². The molecule has 0 aliphatic carbocycles. The van der Waals surface area contributed by atoms with Crippen molar-refractivity contribution in [1.29, 1.82) is 0 Å². The summed E-state index contributed by atoms with van der Waals surface area (Å²) in [5.41, 5.74) is 0. The van der Waals surface area contributed by atoms with Crippen LogP contribution < -0.4 is 5.32 Å². The Morgan fingerprint density at radius 1 is 1.33 bits per heavy atom. The maximum Gasteiger partial charge on any atom is 0.239 e. The average Bonchev–Trinajstić information content (AvgIpc) is 2.29. The monoisotopic (exact) mass is 212 g/mol. The van der Waals surface area contributed by atoms with Gasteiger partial charge in [-0.2, -0.15) is 0 Å². The van der Waals surface area contributed by atoms with Crippen molar-refractivity contribution < 1.29 is 9.53 Å². The second-order valence-corrected chi connectivity index (χ2v) is 4.49. The van der Waals surface area contributed by atoms with Gasteiger partial charge in [-0.1, -0.05) is 0 Å². The van der Waals surface area contributed by atoms with Gasteiger partial charge in [-0.05, 0) is 26.2 Å². The van der Waals surface area contributed by atoms with E-state index in [1.165, 1.54) is 6.42 Å². The molecule has 1 amide bonds. The van der Waals surface area contributed by atoms with Gasteiger partial charge in [-0.3, -0.25) is 4.79 Å². The molecule has 2 atom stereocenters. The Morgan fingerprint density at radius 3 is 2.73 bits per heavy atom. The van der Waals surface area contributed by atoms with Crippen LogP contribution >= 0.6 is 0 Å². The molecule has 0 bridgehead atoms. The van der Waals surface area contributed by atoms with E-state index in [1.54, 1.807) is 0 Å². The van der Waals surface area contributed by atoms with Crippen LogP contribution in [0.15, 0.2) is 0 Å². The van der Waals surface area contributed by atoms with Crippen molar-refractivity contribution in [3.63, 3.8) is 0 Å². The molecular weight excluding hydrogens is 192 g/mol. The molecule has 2 aliphatic rings. The predicted molar refractivity (Wildman–Crippen MR) is 57.6 cm³/mol. The number of nitrogens with zero attached hydrogens (tertiary/aromatic N) is 1. The molecule has 0 aromatic rings. The molecule has 0 saturated carbocycles. The Labute approximate surface area is 91.0 Å². The molecule has 2 fully saturated rings. The van der Waals surface area contributed by atoms with E-state index < -0.39 is 0 Å². The largest absolute Gasteiger partial charge is 0.378 e. The number of rotatable bonds is 1. The first-order valence-corrected chi connectivity index (χ1v) is 5.90. The van der Waals surface area contributed by atoms with E-state index in [0.29, 0.717) is 19.3 Å². The highest BCUT2D eigenvalue weighted by atomic mass is 16.5. The number of amides is 1. The van der Waals surface area contributed by atoms with Crippen LogP contribution in [0.1, 0.15) is 26.2 Å². The highest BCUT2D eigenvalue weighted by Crippen LogP contribution is 2.14. The highest BCUT2D eigenvalue weighted by Gasteiger charge is 2.28. The summed E-state index contributed by atoms with van der Waals surface area (Å²) in [7, 11) is 0. The third-order valence-electron chi connectivity index (χ3n) is 3.24. The van der Waals surface area contributed by atoms with Crippen LogP contribution in [0.4, 0.5) is 0 Å². The van der Waals surface area contributed by atoms with Gasteiger partial charge < -0.3 is 15.0 Å². The van der Waals surface area contributed by atoms with E-state index in [0.717, 1.165) is 25.9 Å². The number of nitrogens with one attached hydrogen (secondary N) is 1. The van der Waals surface area contributed by atoms with Crippen molar-refractivity contribution in [2.24, 2.45) is 0 Å². The number of ether oxygens (including phenoxy) is 1. The van der Waals surface area contributed by atoms with Gasteiger partial charge in [0.1, 0.15) is 0 Å². The smallest absolute Gasteiger partial charge is 0.239 e. The Hall–Kier alpha value is -0.610. The second-order valence-electron chi connectivity index (χ2n) is 4.49. The summed E-state index contributed by atoms with van der Waals surface area (Å²) < 4.78 is 5.24. The van der Waals surface area contributed by atoms with E-state index in [2.05, 4.69) is 12.2 Å². The van der Waals surface area contributed by atoms with Gasteiger partial charge in [0.15, 0.2) is 0 Å².